The third-order valence-corrected chi connectivity index (χ3v) is 1.63. The summed E-state index contributed by atoms with van der Waals surface area (Å²) in [6.45, 7) is 7.46. The lowest BCUT2D eigenvalue weighted by atomic mass is 10.4. The SMILES string of the molecule is CCCN=C(N)NCCCOCCC. The Balaban J connectivity index is 3.18. The van der Waals surface area contributed by atoms with Crippen LogP contribution in [0.3, 0.4) is 0 Å². The molecule has 0 radical (unpaired) electrons. The van der Waals surface area contributed by atoms with E-state index in [1.165, 1.54) is 0 Å². The largest absolute Gasteiger partial charge is 0.381 e. The lowest BCUT2D eigenvalue weighted by Gasteiger charge is -2.05. The zero-order valence-electron chi connectivity index (χ0n) is 9.38. The summed E-state index contributed by atoms with van der Waals surface area (Å²) in [6, 6.07) is 0. The van der Waals surface area contributed by atoms with Crippen LogP contribution in [0.4, 0.5) is 0 Å². The second-order valence-corrected chi connectivity index (χ2v) is 3.16. The van der Waals surface area contributed by atoms with Gasteiger partial charge < -0.3 is 15.8 Å². The summed E-state index contributed by atoms with van der Waals surface area (Å²) in [7, 11) is 0. The molecule has 0 unspecified atom stereocenters. The van der Waals surface area contributed by atoms with E-state index in [1.807, 2.05) is 0 Å². The van der Waals surface area contributed by atoms with Gasteiger partial charge in [0.25, 0.3) is 0 Å². The second-order valence-electron chi connectivity index (χ2n) is 3.16. The van der Waals surface area contributed by atoms with Crippen LogP contribution in [0.5, 0.6) is 0 Å². The van der Waals surface area contributed by atoms with Crippen molar-refractivity contribution >= 4 is 5.96 Å². The van der Waals surface area contributed by atoms with E-state index in [-0.39, 0.29) is 0 Å². The molecule has 3 N–H and O–H groups in total. The summed E-state index contributed by atoms with van der Waals surface area (Å²) in [5, 5.41) is 3.04. The Hall–Kier alpha value is -0.770. The number of aliphatic imine (C=N–C) groups is 1. The van der Waals surface area contributed by atoms with Gasteiger partial charge in [-0.15, -0.1) is 0 Å². The third kappa shape index (κ3) is 9.32. The van der Waals surface area contributed by atoms with Gasteiger partial charge in [0, 0.05) is 26.3 Å². The number of guanidine groups is 1. The summed E-state index contributed by atoms with van der Waals surface area (Å²) in [6.07, 6.45) is 3.08. The molecule has 0 saturated carbocycles. The first-order chi connectivity index (χ1) is 6.81. The fourth-order valence-electron chi connectivity index (χ4n) is 0.925. The maximum absolute atomic E-state index is 5.60. The van der Waals surface area contributed by atoms with E-state index in [4.69, 9.17) is 10.5 Å². The molecule has 0 rings (SSSR count). The van der Waals surface area contributed by atoms with Gasteiger partial charge in [-0.05, 0) is 19.3 Å². The molecular weight excluding hydrogens is 178 g/mol. The molecule has 0 atom stereocenters. The highest BCUT2D eigenvalue weighted by Gasteiger charge is 1.90. The summed E-state index contributed by atoms with van der Waals surface area (Å²) >= 11 is 0. The quantitative estimate of drug-likeness (QED) is 0.351. The molecule has 0 aromatic carbocycles. The Morgan fingerprint density at radius 3 is 2.71 bits per heavy atom. The topological polar surface area (TPSA) is 59.6 Å². The van der Waals surface area contributed by atoms with E-state index in [0.29, 0.717) is 5.96 Å². The molecular formula is C10H23N3O. The first-order valence-electron chi connectivity index (χ1n) is 5.42. The van der Waals surface area contributed by atoms with E-state index in [2.05, 4.69) is 24.2 Å². The molecule has 4 nitrogen and oxygen atoms in total. The Morgan fingerprint density at radius 2 is 2.07 bits per heavy atom. The Bertz CT molecular complexity index is 148. The van der Waals surface area contributed by atoms with Gasteiger partial charge in [-0.3, -0.25) is 4.99 Å². The van der Waals surface area contributed by atoms with Crippen molar-refractivity contribution in [1.29, 1.82) is 0 Å². The van der Waals surface area contributed by atoms with Crippen LogP contribution < -0.4 is 11.1 Å². The summed E-state index contributed by atoms with van der Waals surface area (Å²) in [5.41, 5.74) is 5.60. The van der Waals surface area contributed by atoms with Crippen molar-refractivity contribution < 1.29 is 4.74 Å². The van der Waals surface area contributed by atoms with Gasteiger partial charge in [0.1, 0.15) is 0 Å². The van der Waals surface area contributed by atoms with E-state index in [1.54, 1.807) is 0 Å². The number of nitrogens with one attached hydrogen (secondary N) is 1. The van der Waals surface area contributed by atoms with Gasteiger partial charge in [-0.2, -0.15) is 0 Å². The second kappa shape index (κ2) is 10.3. The number of nitrogens with two attached hydrogens (primary N) is 1. The number of ether oxygens (including phenoxy) is 1. The zero-order valence-corrected chi connectivity index (χ0v) is 9.38. The molecule has 0 saturated heterocycles. The van der Waals surface area contributed by atoms with Crippen LogP contribution in [-0.2, 0) is 4.74 Å². The molecule has 84 valence electrons. The van der Waals surface area contributed by atoms with Crippen molar-refractivity contribution in [2.75, 3.05) is 26.3 Å². The van der Waals surface area contributed by atoms with Gasteiger partial charge in [0.05, 0.1) is 0 Å². The van der Waals surface area contributed by atoms with Crippen molar-refractivity contribution in [3.63, 3.8) is 0 Å². The number of rotatable bonds is 8. The van der Waals surface area contributed by atoms with Crippen LogP contribution in [0.15, 0.2) is 4.99 Å². The van der Waals surface area contributed by atoms with Crippen molar-refractivity contribution in [3.05, 3.63) is 0 Å². The fraction of sp³-hybridized carbons (Fsp3) is 0.900. The smallest absolute Gasteiger partial charge is 0.188 e. The van der Waals surface area contributed by atoms with E-state index in [9.17, 15) is 0 Å². The highest BCUT2D eigenvalue weighted by molar-refractivity contribution is 5.77. The van der Waals surface area contributed by atoms with Crippen LogP contribution in [0.25, 0.3) is 0 Å². The average Bonchev–Trinajstić information content (AvgIpc) is 2.20. The summed E-state index contributed by atoms with van der Waals surface area (Å²) in [4.78, 5) is 4.12. The van der Waals surface area contributed by atoms with Crippen LogP contribution >= 0.6 is 0 Å². The number of hydrogen-bond acceptors (Lipinski definition) is 2. The van der Waals surface area contributed by atoms with E-state index < -0.39 is 0 Å². The average molecular weight is 201 g/mol. The van der Waals surface area contributed by atoms with Gasteiger partial charge in [-0.25, -0.2) is 0 Å². The molecule has 0 aromatic rings. The van der Waals surface area contributed by atoms with Crippen molar-refractivity contribution in [1.82, 2.24) is 5.32 Å². The minimum Gasteiger partial charge on any atom is -0.381 e. The fourth-order valence-corrected chi connectivity index (χ4v) is 0.925. The van der Waals surface area contributed by atoms with Crippen molar-refractivity contribution in [2.45, 2.75) is 33.1 Å². The van der Waals surface area contributed by atoms with Gasteiger partial charge in [0.2, 0.25) is 0 Å². The van der Waals surface area contributed by atoms with E-state index >= 15 is 0 Å². The molecule has 0 aliphatic rings. The molecule has 0 aliphatic heterocycles. The molecule has 0 aliphatic carbocycles. The van der Waals surface area contributed by atoms with Crippen molar-refractivity contribution in [2.24, 2.45) is 10.7 Å². The summed E-state index contributed by atoms with van der Waals surface area (Å²) < 4.78 is 5.33. The zero-order chi connectivity index (χ0) is 10.6. The minimum absolute atomic E-state index is 0.544. The molecule has 0 aromatic heterocycles. The molecule has 0 fully saturated rings. The maximum Gasteiger partial charge on any atom is 0.188 e. The molecule has 0 amide bonds. The Morgan fingerprint density at radius 1 is 1.29 bits per heavy atom. The van der Waals surface area contributed by atoms with Gasteiger partial charge >= 0.3 is 0 Å². The lowest BCUT2D eigenvalue weighted by molar-refractivity contribution is 0.133. The highest BCUT2D eigenvalue weighted by Crippen LogP contribution is 1.84. The predicted octanol–water partition coefficient (Wildman–Crippen LogP) is 1.12. The molecule has 0 heterocycles. The maximum atomic E-state index is 5.60. The summed E-state index contributed by atoms with van der Waals surface area (Å²) in [5.74, 6) is 0.544. The third-order valence-electron chi connectivity index (χ3n) is 1.63. The molecule has 0 spiro atoms. The molecule has 0 bridgehead atoms. The molecule has 4 heteroatoms. The van der Waals surface area contributed by atoms with Crippen LogP contribution in [0.2, 0.25) is 0 Å². The van der Waals surface area contributed by atoms with Gasteiger partial charge in [-0.1, -0.05) is 13.8 Å². The monoisotopic (exact) mass is 201 g/mol. The standard InChI is InChI=1S/C10H23N3O/c1-3-6-12-10(11)13-7-5-9-14-8-4-2/h3-9H2,1-2H3,(H3,11,12,13). The lowest BCUT2D eigenvalue weighted by Crippen LogP contribution is -2.33. The van der Waals surface area contributed by atoms with Crippen LogP contribution in [0, 0.1) is 0 Å². The highest BCUT2D eigenvalue weighted by atomic mass is 16.5. The van der Waals surface area contributed by atoms with Crippen molar-refractivity contribution in [3.8, 4) is 0 Å². The minimum atomic E-state index is 0.544. The number of hydrogen-bond donors (Lipinski definition) is 2. The predicted molar refractivity (Wildman–Crippen MR) is 60.5 cm³/mol. The first-order valence-corrected chi connectivity index (χ1v) is 5.42. The Kier molecular flexibility index (Phi) is 9.74. The van der Waals surface area contributed by atoms with Gasteiger partial charge in [0.15, 0.2) is 5.96 Å². The Labute approximate surface area is 86.9 Å². The first kappa shape index (κ1) is 13.2. The normalized spacial score (nSPS) is 11.7. The van der Waals surface area contributed by atoms with Crippen LogP contribution in [-0.4, -0.2) is 32.3 Å². The number of nitrogens with zero attached hydrogens (tertiary/aromatic N) is 1. The molecule has 14 heavy (non-hydrogen) atoms. The van der Waals surface area contributed by atoms with Crippen LogP contribution in [0.1, 0.15) is 33.1 Å². The van der Waals surface area contributed by atoms with E-state index in [0.717, 1.165) is 45.6 Å².